The summed E-state index contributed by atoms with van der Waals surface area (Å²) in [4.78, 5) is 12.8. The average molecular weight is 501 g/mol. The van der Waals surface area contributed by atoms with E-state index in [2.05, 4.69) is 16.7 Å². The van der Waals surface area contributed by atoms with Crippen LogP contribution in [0.25, 0.3) is 0 Å². The van der Waals surface area contributed by atoms with Gasteiger partial charge in [-0.05, 0) is 5.56 Å². The lowest BCUT2D eigenvalue weighted by atomic mass is 9.79. The van der Waals surface area contributed by atoms with E-state index in [1.807, 2.05) is 0 Å². The normalized spacial score (nSPS) is 43.9. The molecule has 178 valence electrons. The summed E-state index contributed by atoms with van der Waals surface area (Å²) in [6, 6.07) is 7.74. The van der Waals surface area contributed by atoms with Crippen molar-refractivity contribution in [2.45, 2.75) is 35.5 Å². The largest absolute Gasteiger partial charge is 0.457 e. The number of carbonyl (C=O) groups is 1. The zero-order valence-electron chi connectivity index (χ0n) is 15.5. The number of aliphatic hydroxyl groups excluding tert-OH is 1. The van der Waals surface area contributed by atoms with Crippen molar-refractivity contribution in [1.29, 1.82) is 0 Å². The molecule has 3 aliphatic heterocycles. The highest BCUT2D eigenvalue weighted by Gasteiger charge is 2.95. The summed E-state index contributed by atoms with van der Waals surface area (Å²) in [6.45, 7) is -2.34. The van der Waals surface area contributed by atoms with Crippen LogP contribution in [0.5, 0.6) is 0 Å². The Bertz CT molecular complexity index is 1170. The highest BCUT2D eigenvalue weighted by Crippen LogP contribution is 2.61. The summed E-state index contributed by atoms with van der Waals surface area (Å²) in [5.74, 6) is -17.7. The number of ether oxygens (including phenoxy) is 2. The summed E-state index contributed by atoms with van der Waals surface area (Å²) in [5, 5.41) is 42.3. The second kappa shape index (κ2) is 6.62. The standard InChI is InChI=1S/C14H15NO15S2/c15-12-11(18,9(17)25-6-8-4-2-1-3-5-8)26-10(7-16)13(19,29-31(21,22)27-10)14(12,20)30-32(23,24)28-12/h1-5,16,18-20H,6-7,15H2/t10-,11+,12-,13+,14+/m1/s1. The van der Waals surface area contributed by atoms with Crippen LogP contribution in [0.2, 0.25) is 0 Å². The van der Waals surface area contributed by atoms with Crippen molar-refractivity contribution < 1.29 is 68.3 Å². The molecule has 0 radical (unpaired) electrons. The van der Waals surface area contributed by atoms with Crippen LogP contribution in [0, 0.1) is 0 Å². The molecule has 18 heteroatoms. The molecule has 0 unspecified atom stereocenters. The van der Waals surface area contributed by atoms with E-state index in [1.165, 1.54) is 12.1 Å². The van der Waals surface area contributed by atoms with Crippen LogP contribution in [0.3, 0.4) is 0 Å². The topological polar surface area (TPSA) is 248 Å². The number of benzene rings is 1. The monoisotopic (exact) mass is 501 g/mol. The van der Waals surface area contributed by atoms with E-state index in [-0.39, 0.29) is 0 Å². The number of carbonyl (C=O) groups excluding carboxylic acids is 1. The Morgan fingerprint density at radius 3 is 2.09 bits per heavy atom. The first-order chi connectivity index (χ1) is 14.6. The first kappa shape index (κ1) is 23.4. The van der Waals surface area contributed by atoms with Crippen LogP contribution in [0.1, 0.15) is 5.56 Å². The number of fused-ring (bicyclic) bond motifs is 3. The first-order valence-corrected chi connectivity index (χ1v) is 11.1. The Hall–Kier alpha value is -1.81. The lowest BCUT2D eigenvalue weighted by Gasteiger charge is -2.55. The fraction of sp³-hybridized carbons (Fsp3) is 0.500. The quantitative estimate of drug-likeness (QED) is 0.245. The fourth-order valence-corrected chi connectivity index (χ4v) is 5.60. The Morgan fingerprint density at radius 2 is 1.50 bits per heavy atom. The van der Waals surface area contributed by atoms with Gasteiger partial charge < -0.3 is 25.2 Å². The lowest BCUT2D eigenvalue weighted by Crippen LogP contribution is -2.90. The molecule has 0 amide bonds. The molecule has 0 spiro atoms. The molecule has 0 bridgehead atoms. The molecule has 3 aliphatic rings. The third-order valence-corrected chi connectivity index (χ3v) is 6.74. The van der Waals surface area contributed by atoms with E-state index < -0.39 is 68.9 Å². The SMILES string of the molecule is N[C@]12OS(=O)(=O)O[C@]1(O)[C@@]1(O)OS(=O)(=O)O[C@@]1(CO)O[C@@]2(O)C(=O)OCc1ccccc1. The van der Waals surface area contributed by atoms with Gasteiger partial charge in [-0.2, -0.15) is 16.8 Å². The molecule has 6 N–H and O–H groups in total. The molecular weight excluding hydrogens is 486 g/mol. The fourth-order valence-electron chi connectivity index (χ4n) is 3.38. The van der Waals surface area contributed by atoms with Gasteiger partial charge in [0.05, 0.1) is 0 Å². The second-order valence-corrected chi connectivity index (χ2v) is 9.19. The molecule has 0 aliphatic carbocycles. The maximum Gasteiger partial charge on any atom is 0.406 e. The molecule has 5 atom stereocenters. The second-order valence-electron chi connectivity index (χ2n) is 6.89. The van der Waals surface area contributed by atoms with Gasteiger partial charge in [0.2, 0.25) is 0 Å². The van der Waals surface area contributed by atoms with E-state index in [0.717, 1.165) is 0 Å². The maximum absolute atomic E-state index is 12.8. The van der Waals surface area contributed by atoms with Crippen molar-refractivity contribution in [3.05, 3.63) is 35.9 Å². The third kappa shape index (κ3) is 2.81. The van der Waals surface area contributed by atoms with Crippen molar-refractivity contribution >= 4 is 26.8 Å². The smallest absolute Gasteiger partial charge is 0.406 e. The summed E-state index contributed by atoms with van der Waals surface area (Å²) < 4.78 is 74.2. The van der Waals surface area contributed by atoms with Crippen molar-refractivity contribution in [2.24, 2.45) is 5.73 Å². The number of esters is 1. The van der Waals surface area contributed by atoms with Gasteiger partial charge in [-0.25, -0.2) is 21.5 Å². The van der Waals surface area contributed by atoms with E-state index in [9.17, 15) is 42.1 Å². The van der Waals surface area contributed by atoms with Crippen LogP contribution < -0.4 is 5.73 Å². The zero-order chi connectivity index (χ0) is 23.8. The maximum atomic E-state index is 12.8. The molecule has 3 fully saturated rings. The number of rotatable bonds is 4. The van der Waals surface area contributed by atoms with Crippen molar-refractivity contribution in [1.82, 2.24) is 0 Å². The molecule has 32 heavy (non-hydrogen) atoms. The minimum absolute atomic E-state index is 0.356. The van der Waals surface area contributed by atoms with Crippen LogP contribution in [-0.2, 0) is 58.4 Å². The number of nitrogens with two attached hydrogens (primary N) is 1. The van der Waals surface area contributed by atoms with E-state index in [0.29, 0.717) is 5.56 Å². The van der Waals surface area contributed by atoms with Crippen LogP contribution in [0.15, 0.2) is 30.3 Å². The van der Waals surface area contributed by atoms with Crippen LogP contribution in [-0.4, -0.2) is 78.7 Å². The van der Waals surface area contributed by atoms with Crippen molar-refractivity contribution in [2.75, 3.05) is 6.61 Å². The predicted molar refractivity (Wildman–Crippen MR) is 91.1 cm³/mol. The van der Waals surface area contributed by atoms with E-state index >= 15 is 0 Å². The molecular formula is C14H15NO15S2. The van der Waals surface area contributed by atoms with Crippen molar-refractivity contribution in [3.63, 3.8) is 0 Å². The van der Waals surface area contributed by atoms with Gasteiger partial charge in [0.25, 0.3) is 17.3 Å². The highest BCUT2D eigenvalue weighted by atomic mass is 32.3. The van der Waals surface area contributed by atoms with Gasteiger partial charge in [-0.15, -0.1) is 0 Å². The molecule has 1 aromatic rings. The average Bonchev–Trinajstić information content (AvgIpc) is 3.04. The molecule has 0 aromatic heterocycles. The Labute approximate surface area is 179 Å². The minimum atomic E-state index is -5.46. The number of hydrogen-bond donors (Lipinski definition) is 5. The summed E-state index contributed by atoms with van der Waals surface area (Å²) >= 11 is 0. The first-order valence-electron chi connectivity index (χ1n) is 8.40. The van der Waals surface area contributed by atoms with E-state index in [1.54, 1.807) is 18.2 Å². The summed E-state index contributed by atoms with van der Waals surface area (Å²) in [7, 11) is -10.8. The highest BCUT2D eigenvalue weighted by molar-refractivity contribution is 7.82. The van der Waals surface area contributed by atoms with Gasteiger partial charge in [0, 0.05) is 0 Å². The zero-order valence-corrected chi connectivity index (χ0v) is 17.1. The minimum Gasteiger partial charge on any atom is -0.457 e. The van der Waals surface area contributed by atoms with Gasteiger partial charge in [-0.3, -0.25) is 10.5 Å². The van der Waals surface area contributed by atoms with Crippen molar-refractivity contribution in [3.8, 4) is 0 Å². The third-order valence-electron chi connectivity index (χ3n) is 4.91. The van der Waals surface area contributed by atoms with E-state index in [4.69, 9.17) is 15.2 Å². The van der Waals surface area contributed by atoms with Crippen LogP contribution >= 0.6 is 0 Å². The molecule has 0 saturated carbocycles. The summed E-state index contributed by atoms with van der Waals surface area (Å²) in [6.07, 6.45) is 0. The molecule has 1 aromatic carbocycles. The molecule has 16 nitrogen and oxygen atoms in total. The van der Waals surface area contributed by atoms with Crippen LogP contribution in [0.4, 0.5) is 0 Å². The van der Waals surface area contributed by atoms with Gasteiger partial charge >= 0.3 is 38.3 Å². The Morgan fingerprint density at radius 1 is 0.938 bits per heavy atom. The number of aliphatic hydroxyl groups is 4. The molecule has 3 heterocycles. The predicted octanol–water partition coefficient (Wildman–Crippen LogP) is -4.25. The molecule has 4 rings (SSSR count). The Balaban J connectivity index is 1.85. The molecule has 3 saturated heterocycles. The number of hydrogen-bond acceptors (Lipinski definition) is 16. The summed E-state index contributed by atoms with van der Waals surface area (Å²) in [5.41, 5.74) is 2.15. The Kier molecular flexibility index (Phi) is 4.83. The van der Waals surface area contributed by atoms with Gasteiger partial charge in [-0.1, -0.05) is 30.3 Å². The van der Waals surface area contributed by atoms with Gasteiger partial charge in [0.1, 0.15) is 13.2 Å². The lowest BCUT2D eigenvalue weighted by molar-refractivity contribution is -0.522. The van der Waals surface area contributed by atoms with Gasteiger partial charge in [0.15, 0.2) is 0 Å².